The van der Waals surface area contributed by atoms with Crippen LogP contribution in [0.4, 0.5) is 8.78 Å². The van der Waals surface area contributed by atoms with Gasteiger partial charge in [0, 0.05) is 0 Å². The Morgan fingerprint density at radius 3 is 2.39 bits per heavy atom. The molecule has 0 nitrogen and oxygen atoms in total. The molecule has 1 saturated carbocycles. The molecule has 2 heteroatoms. The first kappa shape index (κ1) is 13.5. The van der Waals surface area contributed by atoms with E-state index in [0.717, 1.165) is 30.2 Å². The highest BCUT2D eigenvalue weighted by Crippen LogP contribution is 2.31. The Balaban J connectivity index is 1.90. The average Bonchev–Trinajstić information content (AvgIpc) is 2.35. The summed E-state index contributed by atoms with van der Waals surface area (Å²) in [4.78, 5) is 0. The third-order valence-corrected chi connectivity index (χ3v) is 4.25. The minimum Gasteiger partial charge on any atom is -0.204 e. The summed E-state index contributed by atoms with van der Waals surface area (Å²) in [6.45, 7) is 3.94. The highest BCUT2D eigenvalue weighted by atomic mass is 19.2. The molecule has 2 rings (SSSR count). The van der Waals surface area contributed by atoms with Gasteiger partial charge in [0.2, 0.25) is 0 Å². The maximum absolute atomic E-state index is 13.3. The molecular formula is C16H22F2. The summed E-state index contributed by atoms with van der Waals surface area (Å²) < 4.78 is 26.5. The predicted octanol–water partition coefficient (Wildman–Crippen LogP) is 5.03. The van der Waals surface area contributed by atoms with Crippen molar-refractivity contribution in [3.05, 3.63) is 34.9 Å². The van der Waals surface area contributed by atoms with Crippen molar-refractivity contribution in [2.75, 3.05) is 0 Å². The molecule has 1 aliphatic carbocycles. The van der Waals surface area contributed by atoms with Crippen LogP contribution in [0.3, 0.4) is 0 Å². The van der Waals surface area contributed by atoms with Crippen LogP contribution in [0, 0.1) is 30.4 Å². The molecule has 0 unspecified atom stereocenters. The van der Waals surface area contributed by atoms with Gasteiger partial charge in [0.05, 0.1) is 0 Å². The maximum Gasteiger partial charge on any atom is 0.161 e. The van der Waals surface area contributed by atoms with Gasteiger partial charge in [-0.3, -0.25) is 0 Å². The predicted molar refractivity (Wildman–Crippen MR) is 70.5 cm³/mol. The van der Waals surface area contributed by atoms with Gasteiger partial charge in [-0.05, 0) is 48.8 Å². The third kappa shape index (κ3) is 3.30. The first-order valence-electron chi connectivity index (χ1n) is 7.00. The van der Waals surface area contributed by atoms with E-state index in [2.05, 4.69) is 6.92 Å². The van der Waals surface area contributed by atoms with Crippen LogP contribution < -0.4 is 0 Å². The van der Waals surface area contributed by atoms with E-state index in [4.69, 9.17) is 0 Å². The normalized spacial score (nSPS) is 24.2. The van der Waals surface area contributed by atoms with Crippen LogP contribution in [0.15, 0.2) is 12.1 Å². The van der Waals surface area contributed by atoms with Gasteiger partial charge in [-0.1, -0.05) is 38.7 Å². The van der Waals surface area contributed by atoms with Crippen LogP contribution in [-0.2, 0) is 6.42 Å². The number of halogens is 2. The van der Waals surface area contributed by atoms with Crippen molar-refractivity contribution >= 4 is 0 Å². The molecule has 100 valence electrons. The molecule has 18 heavy (non-hydrogen) atoms. The first-order valence-corrected chi connectivity index (χ1v) is 7.00. The van der Waals surface area contributed by atoms with Gasteiger partial charge in [0.15, 0.2) is 11.6 Å². The highest BCUT2D eigenvalue weighted by Gasteiger charge is 2.18. The van der Waals surface area contributed by atoms with E-state index < -0.39 is 11.6 Å². The Morgan fingerprint density at radius 2 is 1.78 bits per heavy atom. The molecule has 0 heterocycles. The smallest absolute Gasteiger partial charge is 0.161 e. The lowest BCUT2D eigenvalue weighted by Gasteiger charge is -2.26. The SMILES string of the molecule is Cc1cc(CCC2CCC(C)CC2)cc(F)c1F. The van der Waals surface area contributed by atoms with Crippen LogP contribution >= 0.6 is 0 Å². The molecule has 1 aliphatic rings. The lowest BCUT2D eigenvalue weighted by atomic mass is 9.80. The van der Waals surface area contributed by atoms with E-state index in [1.165, 1.54) is 31.7 Å². The van der Waals surface area contributed by atoms with Crippen LogP contribution in [0.2, 0.25) is 0 Å². The van der Waals surface area contributed by atoms with Gasteiger partial charge < -0.3 is 0 Å². The molecule has 0 amide bonds. The number of benzene rings is 1. The van der Waals surface area contributed by atoms with E-state index >= 15 is 0 Å². The van der Waals surface area contributed by atoms with Crippen molar-refractivity contribution in [2.24, 2.45) is 11.8 Å². The molecule has 0 radical (unpaired) electrons. The zero-order chi connectivity index (χ0) is 13.1. The van der Waals surface area contributed by atoms with Crippen LogP contribution in [0.25, 0.3) is 0 Å². The van der Waals surface area contributed by atoms with Crippen molar-refractivity contribution in [3.8, 4) is 0 Å². The van der Waals surface area contributed by atoms with Crippen LogP contribution in [-0.4, -0.2) is 0 Å². The topological polar surface area (TPSA) is 0 Å². The molecule has 0 aromatic heterocycles. The summed E-state index contributed by atoms with van der Waals surface area (Å²) in [6.07, 6.45) is 7.21. The molecule has 1 fully saturated rings. The van der Waals surface area contributed by atoms with Gasteiger partial charge in [0.1, 0.15) is 0 Å². The quantitative estimate of drug-likeness (QED) is 0.707. The summed E-state index contributed by atoms with van der Waals surface area (Å²) in [5, 5.41) is 0. The monoisotopic (exact) mass is 252 g/mol. The Bertz CT molecular complexity index is 381. The molecule has 0 bridgehead atoms. The Morgan fingerprint density at radius 1 is 1.11 bits per heavy atom. The Kier molecular flexibility index (Phi) is 4.36. The van der Waals surface area contributed by atoms with E-state index in [1.807, 2.05) is 0 Å². The summed E-state index contributed by atoms with van der Waals surface area (Å²) in [5.41, 5.74) is 1.35. The molecule has 0 atom stereocenters. The van der Waals surface area contributed by atoms with Gasteiger partial charge >= 0.3 is 0 Å². The zero-order valence-corrected chi connectivity index (χ0v) is 11.3. The number of rotatable bonds is 3. The van der Waals surface area contributed by atoms with E-state index in [-0.39, 0.29) is 0 Å². The van der Waals surface area contributed by atoms with E-state index in [9.17, 15) is 8.78 Å². The van der Waals surface area contributed by atoms with Crippen LogP contribution in [0.5, 0.6) is 0 Å². The second-order valence-corrected chi connectivity index (χ2v) is 5.87. The van der Waals surface area contributed by atoms with E-state index in [1.54, 1.807) is 13.0 Å². The highest BCUT2D eigenvalue weighted by molar-refractivity contribution is 5.25. The lowest BCUT2D eigenvalue weighted by molar-refractivity contribution is 0.277. The molecule has 0 saturated heterocycles. The lowest BCUT2D eigenvalue weighted by Crippen LogP contribution is -2.13. The number of hydrogen-bond donors (Lipinski definition) is 0. The summed E-state index contributed by atoms with van der Waals surface area (Å²) >= 11 is 0. The van der Waals surface area contributed by atoms with Gasteiger partial charge in [-0.2, -0.15) is 0 Å². The van der Waals surface area contributed by atoms with Crippen LogP contribution in [0.1, 0.15) is 50.2 Å². The molecule has 0 aliphatic heterocycles. The molecular weight excluding hydrogens is 230 g/mol. The minimum absolute atomic E-state index is 0.419. The summed E-state index contributed by atoms with van der Waals surface area (Å²) in [5.74, 6) is 0.230. The summed E-state index contributed by atoms with van der Waals surface area (Å²) in [6, 6.07) is 3.14. The fraction of sp³-hybridized carbons (Fsp3) is 0.625. The second kappa shape index (κ2) is 5.81. The van der Waals surface area contributed by atoms with Gasteiger partial charge in [-0.25, -0.2) is 8.78 Å². The van der Waals surface area contributed by atoms with Crippen molar-refractivity contribution in [2.45, 2.75) is 52.4 Å². The van der Waals surface area contributed by atoms with Gasteiger partial charge in [-0.15, -0.1) is 0 Å². The van der Waals surface area contributed by atoms with Crippen molar-refractivity contribution in [3.63, 3.8) is 0 Å². The fourth-order valence-electron chi connectivity index (χ4n) is 2.93. The van der Waals surface area contributed by atoms with Crippen molar-refractivity contribution < 1.29 is 8.78 Å². The molecule has 0 spiro atoms. The van der Waals surface area contributed by atoms with E-state index in [0.29, 0.717) is 5.56 Å². The number of aryl methyl sites for hydroxylation is 2. The van der Waals surface area contributed by atoms with Crippen molar-refractivity contribution in [1.29, 1.82) is 0 Å². The molecule has 1 aromatic carbocycles. The fourth-order valence-corrected chi connectivity index (χ4v) is 2.93. The molecule has 1 aromatic rings. The largest absolute Gasteiger partial charge is 0.204 e. The van der Waals surface area contributed by atoms with Crippen molar-refractivity contribution in [1.82, 2.24) is 0 Å². The standard InChI is InChI=1S/C16H22F2/c1-11-3-5-13(6-4-11)7-8-14-9-12(2)16(18)15(17)10-14/h9-11,13H,3-8H2,1-2H3. The summed E-state index contributed by atoms with van der Waals surface area (Å²) in [7, 11) is 0. The van der Waals surface area contributed by atoms with Gasteiger partial charge in [0.25, 0.3) is 0 Å². The Labute approximate surface area is 108 Å². The Hall–Kier alpha value is -0.920. The zero-order valence-electron chi connectivity index (χ0n) is 11.3. The maximum atomic E-state index is 13.3. The third-order valence-electron chi connectivity index (χ3n) is 4.25. The second-order valence-electron chi connectivity index (χ2n) is 5.87. The first-order chi connectivity index (χ1) is 8.56. The average molecular weight is 252 g/mol. The molecule has 0 N–H and O–H groups in total. The number of hydrogen-bond acceptors (Lipinski definition) is 0. The minimum atomic E-state index is -0.706.